The molecule has 0 amide bonds. The van der Waals surface area contributed by atoms with Gasteiger partial charge >= 0.3 is 0 Å². The molecule has 1 aromatic rings. The van der Waals surface area contributed by atoms with Gasteiger partial charge in [0.25, 0.3) is 0 Å². The first-order valence-electron chi connectivity index (χ1n) is 4.80. The Hall–Kier alpha value is -1.07. The van der Waals surface area contributed by atoms with Crippen molar-refractivity contribution in [1.82, 2.24) is 5.43 Å². The molecule has 82 valence electrons. The summed E-state index contributed by atoms with van der Waals surface area (Å²) in [5.41, 5.74) is 3.47. The molecule has 0 saturated heterocycles. The van der Waals surface area contributed by atoms with Crippen LogP contribution in [-0.2, 0) is 0 Å². The van der Waals surface area contributed by atoms with E-state index in [-0.39, 0.29) is 0 Å². The number of nitrogens with zero attached hydrogens (tertiary/aromatic N) is 1. The maximum Gasteiger partial charge on any atom is 0.210 e. The van der Waals surface area contributed by atoms with Crippen LogP contribution in [0, 0.1) is 0 Å². The van der Waals surface area contributed by atoms with E-state index in [1.807, 2.05) is 24.3 Å². The van der Waals surface area contributed by atoms with Gasteiger partial charge in [0.2, 0.25) is 5.96 Å². The van der Waals surface area contributed by atoms with Crippen molar-refractivity contribution in [2.24, 2.45) is 10.8 Å². The van der Waals surface area contributed by atoms with Crippen LogP contribution in [0.4, 0.5) is 5.69 Å². The zero-order valence-corrected chi connectivity index (χ0v) is 10.2. The molecule has 15 heavy (non-hydrogen) atoms. The molecule has 5 heteroatoms. The predicted molar refractivity (Wildman–Crippen MR) is 67.7 cm³/mol. The first-order chi connectivity index (χ1) is 7.26. The fourth-order valence-corrected chi connectivity index (χ4v) is 1.45. The number of nitrogens with two attached hydrogens (primary N) is 1. The van der Waals surface area contributed by atoms with E-state index in [2.05, 4.69) is 38.6 Å². The molecule has 4 nitrogen and oxygen atoms in total. The number of benzene rings is 1. The average Bonchev–Trinajstić information content (AvgIpc) is 2.24. The zero-order chi connectivity index (χ0) is 11.1. The molecule has 0 spiro atoms. The van der Waals surface area contributed by atoms with Crippen LogP contribution in [0.1, 0.15) is 13.3 Å². The quantitative estimate of drug-likeness (QED) is 0.341. The number of guanidine groups is 1. The van der Waals surface area contributed by atoms with Crippen LogP contribution in [0.25, 0.3) is 0 Å². The second-order valence-corrected chi connectivity index (χ2v) is 3.93. The molecule has 0 heterocycles. The molecule has 0 aliphatic heterocycles. The second kappa shape index (κ2) is 6.42. The minimum atomic E-state index is 0.579. The Balaban J connectivity index is 2.66. The van der Waals surface area contributed by atoms with Crippen LogP contribution in [0.2, 0.25) is 0 Å². The third-order valence-corrected chi connectivity index (χ3v) is 2.21. The molecule has 0 bridgehead atoms. The molecule has 0 atom stereocenters. The van der Waals surface area contributed by atoms with E-state index in [0.29, 0.717) is 5.96 Å². The van der Waals surface area contributed by atoms with Gasteiger partial charge in [-0.3, -0.25) is 10.4 Å². The highest BCUT2D eigenvalue weighted by atomic mass is 79.9. The van der Waals surface area contributed by atoms with Gasteiger partial charge in [0.05, 0.1) is 0 Å². The lowest BCUT2D eigenvalue weighted by molar-refractivity contribution is 0.905. The Kier molecular flexibility index (Phi) is 5.14. The van der Waals surface area contributed by atoms with Gasteiger partial charge in [0.1, 0.15) is 0 Å². The second-order valence-electron chi connectivity index (χ2n) is 3.01. The Labute approximate surface area is 98.1 Å². The predicted octanol–water partition coefficient (Wildman–Crippen LogP) is 2.09. The van der Waals surface area contributed by atoms with E-state index >= 15 is 0 Å². The summed E-state index contributed by atoms with van der Waals surface area (Å²) >= 11 is 3.40. The van der Waals surface area contributed by atoms with Crippen molar-refractivity contribution in [3.63, 3.8) is 0 Å². The summed E-state index contributed by atoms with van der Waals surface area (Å²) in [4.78, 5) is 4.24. The van der Waals surface area contributed by atoms with Crippen LogP contribution in [0.15, 0.2) is 33.7 Å². The summed E-state index contributed by atoms with van der Waals surface area (Å²) < 4.78 is 1.01. The number of rotatable bonds is 3. The van der Waals surface area contributed by atoms with Gasteiger partial charge < -0.3 is 5.32 Å². The standard InChI is InChI=1S/C10H15BrN4/c1-2-6-13-10(15-12)14-9-5-3-4-8(11)7-9/h3-5,7H,2,6,12H2,1H3,(H2,13,14,15). The first-order valence-corrected chi connectivity index (χ1v) is 5.59. The smallest absolute Gasteiger partial charge is 0.210 e. The molecule has 0 aromatic heterocycles. The lowest BCUT2D eigenvalue weighted by Crippen LogP contribution is -2.36. The minimum Gasteiger partial charge on any atom is -0.325 e. The summed E-state index contributed by atoms with van der Waals surface area (Å²) in [5, 5.41) is 3.09. The van der Waals surface area contributed by atoms with Crippen LogP contribution in [0.3, 0.4) is 0 Å². The van der Waals surface area contributed by atoms with Crippen molar-refractivity contribution in [2.75, 3.05) is 11.9 Å². The van der Waals surface area contributed by atoms with Gasteiger partial charge in [0.15, 0.2) is 0 Å². The van der Waals surface area contributed by atoms with Gasteiger partial charge in [-0.25, -0.2) is 5.84 Å². The summed E-state index contributed by atoms with van der Waals surface area (Å²) in [6.07, 6.45) is 0.991. The summed E-state index contributed by atoms with van der Waals surface area (Å²) in [6, 6.07) is 7.81. The lowest BCUT2D eigenvalue weighted by atomic mass is 10.3. The highest BCUT2D eigenvalue weighted by molar-refractivity contribution is 9.10. The van der Waals surface area contributed by atoms with E-state index in [9.17, 15) is 0 Å². The van der Waals surface area contributed by atoms with Crippen molar-refractivity contribution < 1.29 is 0 Å². The molecule has 0 aliphatic rings. The molecule has 1 rings (SSSR count). The third-order valence-electron chi connectivity index (χ3n) is 1.72. The van der Waals surface area contributed by atoms with Crippen molar-refractivity contribution in [3.05, 3.63) is 28.7 Å². The number of hydrogen-bond donors (Lipinski definition) is 3. The maximum atomic E-state index is 5.34. The monoisotopic (exact) mass is 270 g/mol. The Bertz CT molecular complexity index is 338. The molecule has 0 aliphatic carbocycles. The van der Waals surface area contributed by atoms with E-state index < -0.39 is 0 Å². The SMILES string of the molecule is CCCN=C(NN)Nc1cccc(Br)c1. The Morgan fingerprint density at radius 1 is 1.53 bits per heavy atom. The molecule has 0 saturated carbocycles. The largest absolute Gasteiger partial charge is 0.325 e. The number of halogens is 1. The van der Waals surface area contributed by atoms with Crippen LogP contribution < -0.4 is 16.6 Å². The maximum absolute atomic E-state index is 5.34. The molecular formula is C10H15BrN4. The molecule has 0 fully saturated rings. The molecule has 0 unspecified atom stereocenters. The summed E-state index contributed by atoms with van der Waals surface area (Å²) in [7, 11) is 0. The molecular weight excluding hydrogens is 256 g/mol. The van der Waals surface area contributed by atoms with E-state index in [0.717, 1.165) is 23.1 Å². The average molecular weight is 271 g/mol. The van der Waals surface area contributed by atoms with Gasteiger partial charge in [-0.15, -0.1) is 0 Å². The van der Waals surface area contributed by atoms with Gasteiger partial charge in [0, 0.05) is 16.7 Å². The van der Waals surface area contributed by atoms with Crippen molar-refractivity contribution in [3.8, 4) is 0 Å². The van der Waals surface area contributed by atoms with E-state index in [1.54, 1.807) is 0 Å². The number of aliphatic imine (C=N–C) groups is 1. The summed E-state index contributed by atoms with van der Waals surface area (Å²) in [6.45, 7) is 2.82. The van der Waals surface area contributed by atoms with Crippen LogP contribution >= 0.6 is 15.9 Å². The first kappa shape index (κ1) is 12.0. The number of hydrazine groups is 1. The fraction of sp³-hybridized carbons (Fsp3) is 0.300. The normalized spacial score (nSPS) is 11.3. The lowest BCUT2D eigenvalue weighted by Gasteiger charge is -2.08. The fourth-order valence-electron chi connectivity index (χ4n) is 1.05. The third kappa shape index (κ3) is 4.31. The number of nitrogens with one attached hydrogen (secondary N) is 2. The van der Waals surface area contributed by atoms with Crippen molar-refractivity contribution in [2.45, 2.75) is 13.3 Å². The van der Waals surface area contributed by atoms with Gasteiger partial charge in [-0.1, -0.05) is 28.9 Å². The van der Waals surface area contributed by atoms with Gasteiger partial charge in [-0.2, -0.15) is 0 Å². The highest BCUT2D eigenvalue weighted by Gasteiger charge is 1.97. The Morgan fingerprint density at radius 2 is 2.33 bits per heavy atom. The molecule has 1 aromatic carbocycles. The van der Waals surface area contributed by atoms with Crippen molar-refractivity contribution in [1.29, 1.82) is 0 Å². The van der Waals surface area contributed by atoms with Crippen LogP contribution in [0.5, 0.6) is 0 Å². The van der Waals surface area contributed by atoms with E-state index in [4.69, 9.17) is 5.84 Å². The topological polar surface area (TPSA) is 62.4 Å². The molecule has 4 N–H and O–H groups in total. The highest BCUT2D eigenvalue weighted by Crippen LogP contribution is 2.15. The minimum absolute atomic E-state index is 0.579. The number of hydrogen-bond acceptors (Lipinski definition) is 2. The van der Waals surface area contributed by atoms with Gasteiger partial charge in [-0.05, 0) is 24.6 Å². The number of anilines is 1. The molecule has 0 radical (unpaired) electrons. The van der Waals surface area contributed by atoms with Crippen molar-refractivity contribution >= 4 is 27.6 Å². The van der Waals surface area contributed by atoms with Crippen LogP contribution in [-0.4, -0.2) is 12.5 Å². The summed E-state index contributed by atoms with van der Waals surface area (Å²) in [5.74, 6) is 5.92. The Morgan fingerprint density at radius 3 is 2.93 bits per heavy atom. The zero-order valence-electron chi connectivity index (χ0n) is 8.63. The van der Waals surface area contributed by atoms with E-state index in [1.165, 1.54) is 0 Å².